The normalized spacial score (nSPS) is 49.2. The third-order valence-electron chi connectivity index (χ3n) is 6.76. The lowest BCUT2D eigenvalue weighted by Gasteiger charge is -2.46. The van der Waals surface area contributed by atoms with Crippen LogP contribution in [0.1, 0.15) is 33.6 Å². The summed E-state index contributed by atoms with van der Waals surface area (Å²) in [4.78, 5) is 0. The Labute approximate surface area is 195 Å². The summed E-state index contributed by atoms with van der Waals surface area (Å²) in [5.41, 5.74) is 0. The first kappa shape index (κ1) is 27.2. The Balaban J connectivity index is 1.64. The quantitative estimate of drug-likeness (QED) is 0.495. The molecule has 0 amide bonds. The smallest absolute Gasteiger partial charge is 0.187 e. The van der Waals surface area contributed by atoms with E-state index in [2.05, 4.69) is 0 Å². The van der Waals surface area contributed by atoms with Gasteiger partial charge in [-0.25, -0.2) is 0 Å². The third kappa shape index (κ3) is 6.04. The summed E-state index contributed by atoms with van der Waals surface area (Å²) in [6.45, 7) is 5.46. The minimum atomic E-state index is -1.17. The first-order valence-electron chi connectivity index (χ1n) is 11.5. The van der Waals surface area contributed by atoms with E-state index in [1.54, 1.807) is 28.3 Å². The van der Waals surface area contributed by atoms with Crippen LogP contribution in [0.2, 0.25) is 0 Å². The highest BCUT2D eigenvalue weighted by Gasteiger charge is 2.48. The number of hydrogen-bond acceptors (Lipinski definition) is 11. The molecule has 0 radical (unpaired) electrons. The predicted molar refractivity (Wildman–Crippen MR) is 113 cm³/mol. The highest BCUT2D eigenvalue weighted by atomic mass is 16.7. The van der Waals surface area contributed by atoms with Gasteiger partial charge >= 0.3 is 0 Å². The SMILES string of the molecule is COC1CC(OC)C(OC2CC(OC)C(OC3OC(C)C(O)C(OC)C3O)C(C)O2)C(C)O1. The van der Waals surface area contributed by atoms with Gasteiger partial charge in [-0.15, -0.1) is 0 Å². The first-order valence-corrected chi connectivity index (χ1v) is 11.5. The van der Waals surface area contributed by atoms with Crippen molar-refractivity contribution in [3.05, 3.63) is 0 Å². The van der Waals surface area contributed by atoms with Crippen molar-refractivity contribution in [1.29, 1.82) is 0 Å². The van der Waals surface area contributed by atoms with Crippen LogP contribution in [0.3, 0.4) is 0 Å². The maximum atomic E-state index is 10.6. The molecule has 3 fully saturated rings. The number of hydrogen-bond donors (Lipinski definition) is 2. The summed E-state index contributed by atoms with van der Waals surface area (Å²) in [5, 5.41) is 20.8. The molecule has 33 heavy (non-hydrogen) atoms. The zero-order valence-electron chi connectivity index (χ0n) is 20.5. The number of methoxy groups -OCH3 is 4. The van der Waals surface area contributed by atoms with E-state index in [1.807, 2.05) is 13.8 Å². The predicted octanol–water partition coefficient (Wildman–Crippen LogP) is 0.185. The van der Waals surface area contributed by atoms with Crippen LogP contribution in [0.25, 0.3) is 0 Å². The Morgan fingerprint density at radius 1 is 0.576 bits per heavy atom. The van der Waals surface area contributed by atoms with Gasteiger partial charge in [0.25, 0.3) is 0 Å². The Bertz CT molecular complexity index is 595. The minimum absolute atomic E-state index is 0.211. The molecule has 3 aliphatic rings. The molecule has 0 saturated carbocycles. The van der Waals surface area contributed by atoms with Crippen LogP contribution in [0.5, 0.6) is 0 Å². The average molecular weight is 481 g/mol. The Morgan fingerprint density at radius 3 is 1.67 bits per heavy atom. The van der Waals surface area contributed by atoms with Crippen LogP contribution >= 0.6 is 0 Å². The molecule has 3 saturated heterocycles. The maximum absolute atomic E-state index is 10.6. The molecule has 194 valence electrons. The summed E-state index contributed by atoms with van der Waals surface area (Å²) < 4.78 is 52.0. The van der Waals surface area contributed by atoms with Crippen molar-refractivity contribution in [1.82, 2.24) is 0 Å². The molecule has 0 spiro atoms. The van der Waals surface area contributed by atoms with Gasteiger partial charge in [0.1, 0.15) is 30.5 Å². The summed E-state index contributed by atoms with van der Waals surface area (Å²) in [6.07, 6.45) is -6.68. The van der Waals surface area contributed by atoms with Gasteiger partial charge in [0.2, 0.25) is 0 Å². The molecule has 0 aliphatic carbocycles. The maximum Gasteiger partial charge on any atom is 0.187 e. The number of aliphatic hydroxyl groups is 2. The molecular formula is C22H40O11. The number of aliphatic hydroxyl groups excluding tert-OH is 2. The first-order chi connectivity index (χ1) is 15.7. The van der Waals surface area contributed by atoms with Gasteiger partial charge in [-0.1, -0.05) is 0 Å². The summed E-state index contributed by atoms with van der Waals surface area (Å²) in [5.74, 6) is 0. The van der Waals surface area contributed by atoms with Gasteiger partial charge in [-0.2, -0.15) is 0 Å². The van der Waals surface area contributed by atoms with E-state index >= 15 is 0 Å². The molecule has 0 aromatic heterocycles. The zero-order valence-corrected chi connectivity index (χ0v) is 20.5. The van der Waals surface area contributed by atoms with Crippen molar-refractivity contribution in [2.24, 2.45) is 0 Å². The van der Waals surface area contributed by atoms with E-state index < -0.39 is 49.2 Å². The van der Waals surface area contributed by atoms with E-state index in [9.17, 15) is 10.2 Å². The molecule has 3 aliphatic heterocycles. The van der Waals surface area contributed by atoms with Crippen LogP contribution in [0.15, 0.2) is 0 Å². The van der Waals surface area contributed by atoms with E-state index in [-0.39, 0.29) is 30.7 Å². The van der Waals surface area contributed by atoms with Crippen LogP contribution in [-0.2, 0) is 42.6 Å². The second-order valence-electron chi connectivity index (χ2n) is 8.89. The van der Waals surface area contributed by atoms with Crippen molar-refractivity contribution in [2.45, 2.75) is 114 Å². The van der Waals surface area contributed by atoms with Gasteiger partial charge in [-0.3, -0.25) is 0 Å². The van der Waals surface area contributed by atoms with Crippen LogP contribution < -0.4 is 0 Å². The lowest BCUT2D eigenvalue weighted by molar-refractivity contribution is -0.350. The van der Waals surface area contributed by atoms with Crippen molar-refractivity contribution >= 4 is 0 Å². The van der Waals surface area contributed by atoms with Crippen molar-refractivity contribution < 1.29 is 52.8 Å². The Morgan fingerprint density at radius 2 is 1.12 bits per heavy atom. The van der Waals surface area contributed by atoms with Gasteiger partial charge in [0, 0.05) is 41.3 Å². The molecule has 0 aromatic carbocycles. The van der Waals surface area contributed by atoms with Crippen LogP contribution in [0.4, 0.5) is 0 Å². The molecule has 0 bridgehead atoms. The van der Waals surface area contributed by atoms with Crippen molar-refractivity contribution in [3.63, 3.8) is 0 Å². The van der Waals surface area contributed by atoms with Gasteiger partial charge < -0.3 is 52.8 Å². The highest BCUT2D eigenvalue weighted by molar-refractivity contribution is 4.92. The lowest BCUT2D eigenvalue weighted by Crippen LogP contribution is -2.61. The van der Waals surface area contributed by atoms with Gasteiger partial charge in [0.15, 0.2) is 18.9 Å². The summed E-state index contributed by atoms with van der Waals surface area (Å²) in [6, 6.07) is 0. The molecule has 0 aromatic rings. The minimum Gasteiger partial charge on any atom is -0.388 e. The fourth-order valence-corrected chi connectivity index (χ4v) is 4.81. The zero-order chi connectivity index (χ0) is 24.3. The number of ether oxygens (including phenoxy) is 9. The molecule has 3 rings (SSSR count). The molecule has 11 nitrogen and oxygen atoms in total. The standard InChI is InChI=1S/C22H40O11/c1-10-17(23)21(28-7)18(24)22(31-10)33-20-12(3)30-16(9-14(20)26-5)32-19-11(2)29-15(27-6)8-13(19)25-4/h10-24H,8-9H2,1-7H3. The summed E-state index contributed by atoms with van der Waals surface area (Å²) in [7, 11) is 6.26. The average Bonchev–Trinajstić information content (AvgIpc) is 2.80. The van der Waals surface area contributed by atoms with Crippen LogP contribution in [-0.4, -0.2) is 119 Å². The fraction of sp³-hybridized carbons (Fsp3) is 1.00. The molecule has 13 unspecified atom stereocenters. The van der Waals surface area contributed by atoms with Crippen molar-refractivity contribution in [3.8, 4) is 0 Å². The highest BCUT2D eigenvalue weighted by Crippen LogP contribution is 2.33. The fourth-order valence-electron chi connectivity index (χ4n) is 4.81. The third-order valence-corrected chi connectivity index (χ3v) is 6.76. The van der Waals surface area contributed by atoms with Crippen LogP contribution in [0, 0.1) is 0 Å². The molecule has 3 heterocycles. The largest absolute Gasteiger partial charge is 0.388 e. The molecule has 2 N–H and O–H groups in total. The Kier molecular flexibility index (Phi) is 9.87. The lowest BCUT2D eigenvalue weighted by atomic mass is 9.98. The van der Waals surface area contributed by atoms with E-state index in [1.165, 1.54) is 7.11 Å². The second kappa shape index (κ2) is 12.0. The molecule has 11 heteroatoms. The monoisotopic (exact) mass is 480 g/mol. The second-order valence-corrected chi connectivity index (χ2v) is 8.89. The van der Waals surface area contributed by atoms with Crippen molar-refractivity contribution in [2.75, 3.05) is 28.4 Å². The van der Waals surface area contributed by atoms with E-state index in [0.29, 0.717) is 12.8 Å². The summed E-state index contributed by atoms with van der Waals surface area (Å²) >= 11 is 0. The molecular weight excluding hydrogens is 440 g/mol. The van der Waals surface area contributed by atoms with E-state index in [0.717, 1.165) is 0 Å². The topological polar surface area (TPSA) is 124 Å². The number of rotatable bonds is 8. The van der Waals surface area contributed by atoms with Gasteiger partial charge in [0.05, 0.1) is 30.5 Å². The Hall–Kier alpha value is -0.440. The van der Waals surface area contributed by atoms with Gasteiger partial charge in [-0.05, 0) is 20.8 Å². The molecule has 13 atom stereocenters. The van der Waals surface area contributed by atoms with E-state index in [4.69, 9.17) is 42.6 Å².